The molecule has 104 valence electrons. The smallest absolute Gasteiger partial charge is 0.465 e. The molecule has 3 N–H and O–H groups in total. The minimum atomic E-state index is -4.91. The molecule has 2 amide bonds. The fourth-order valence-corrected chi connectivity index (χ4v) is 1.31. The van der Waals surface area contributed by atoms with E-state index in [4.69, 9.17) is 5.11 Å². The Balaban J connectivity index is 2.57. The summed E-state index contributed by atoms with van der Waals surface area (Å²) in [7, 11) is 0. The first-order valence-electron chi connectivity index (χ1n) is 5.18. The van der Waals surface area contributed by atoms with Crippen LogP contribution in [0.25, 0.3) is 0 Å². The minimum absolute atomic E-state index is 0.0381. The predicted molar refractivity (Wildman–Crippen MR) is 59.2 cm³/mol. The van der Waals surface area contributed by atoms with Crippen LogP contribution in [-0.4, -0.2) is 23.3 Å². The van der Waals surface area contributed by atoms with Crippen molar-refractivity contribution in [2.45, 2.75) is 19.3 Å². The lowest BCUT2D eigenvalue weighted by Gasteiger charge is -2.09. The molecule has 0 fully saturated rings. The molecule has 0 atom stereocenters. The zero-order valence-corrected chi connectivity index (χ0v) is 9.62. The molecule has 19 heavy (non-hydrogen) atoms. The number of carbonyl (C=O) groups excluding carboxylic acids is 1. The number of rotatable bonds is 4. The molecule has 1 rings (SSSR count). The Labute approximate surface area is 106 Å². The maximum absolute atomic E-state index is 12.0. The lowest BCUT2D eigenvalue weighted by atomic mass is 10.1. The highest BCUT2D eigenvalue weighted by molar-refractivity contribution is 5.81. The van der Waals surface area contributed by atoms with Gasteiger partial charge < -0.3 is 15.7 Å². The maximum atomic E-state index is 12.0. The molecule has 0 aliphatic carbocycles. The van der Waals surface area contributed by atoms with E-state index in [0.717, 1.165) is 0 Å². The second kappa shape index (κ2) is 6.07. The Morgan fingerprint density at radius 2 is 1.63 bits per heavy atom. The van der Waals surface area contributed by atoms with E-state index in [9.17, 15) is 22.8 Å². The Hall–Kier alpha value is -2.25. The van der Waals surface area contributed by atoms with Gasteiger partial charge in [0, 0.05) is 13.1 Å². The van der Waals surface area contributed by atoms with Crippen molar-refractivity contribution in [3.05, 3.63) is 35.4 Å². The van der Waals surface area contributed by atoms with Gasteiger partial charge in [0.25, 0.3) is 0 Å². The molecule has 1 aromatic carbocycles. The van der Waals surface area contributed by atoms with Gasteiger partial charge in [-0.1, -0.05) is 24.3 Å². The molecule has 0 saturated carbocycles. The van der Waals surface area contributed by atoms with Gasteiger partial charge in [-0.25, -0.2) is 4.79 Å². The van der Waals surface area contributed by atoms with Crippen LogP contribution in [0, 0.1) is 0 Å². The first-order valence-corrected chi connectivity index (χ1v) is 5.18. The van der Waals surface area contributed by atoms with Gasteiger partial charge >= 0.3 is 18.2 Å². The van der Waals surface area contributed by atoms with E-state index >= 15 is 0 Å². The largest absolute Gasteiger partial charge is 0.471 e. The molecular weight excluding hydrogens is 265 g/mol. The van der Waals surface area contributed by atoms with Crippen molar-refractivity contribution in [1.82, 2.24) is 10.6 Å². The highest BCUT2D eigenvalue weighted by atomic mass is 19.4. The van der Waals surface area contributed by atoms with Crippen LogP contribution in [0.3, 0.4) is 0 Å². The van der Waals surface area contributed by atoms with Crippen molar-refractivity contribution in [1.29, 1.82) is 0 Å². The standard InChI is InChI=1S/C11H11F3N2O3/c12-11(13,14)9(17)15-5-7-2-1-3-8(4-7)6-16-10(18)19/h1-4,16H,5-6H2,(H,15,17)(H,18,19). The zero-order chi connectivity index (χ0) is 14.5. The molecule has 0 bridgehead atoms. The maximum Gasteiger partial charge on any atom is 0.471 e. The second-order valence-corrected chi connectivity index (χ2v) is 3.66. The number of nitrogens with one attached hydrogen (secondary N) is 2. The SMILES string of the molecule is O=C(O)NCc1cccc(CNC(=O)C(F)(F)F)c1. The van der Waals surface area contributed by atoms with Crippen LogP contribution in [0.2, 0.25) is 0 Å². The fraction of sp³-hybridized carbons (Fsp3) is 0.273. The molecule has 8 heteroatoms. The topological polar surface area (TPSA) is 78.4 Å². The summed E-state index contributed by atoms with van der Waals surface area (Å²) in [4.78, 5) is 20.9. The summed E-state index contributed by atoms with van der Waals surface area (Å²) < 4.78 is 35.9. The van der Waals surface area contributed by atoms with Crippen LogP contribution in [0.4, 0.5) is 18.0 Å². The summed E-state index contributed by atoms with van der Waals surface area (Å²) in [6.45, 7) is -0.240. The Morgan fingerprint density at radius 3 is 2.11 bits per heavy atom. The van der Waals surface area contributed by atoms with Crippen LogP contribution >= 0.6 is 0 Å². The Bertz CT molecular complexity index is 474. The number of halogens is 3. The second-order valence-electron chi connectivity index (χ2n) is 3.66. The van der Waals surface area contributed by atoms with Crippen molar-refractivity contribution in [3.8, 4) is 0 Å². The summed E-state index contributed by atoms with van der Waals surface area (Å²) >= 11 is 0. The average Bonchev–Trinajstić information content (AvgIpc) is 2.32. The minimum Gasteiger partial charge on any atom is -0.465 e. The summed E-state index contributed by atoms with van der Waals surface area (Å²) in [6, 6.07) is 6.21. The van der Waals surface area contributed by atoms with Crippen molar-refractivity contribution >= 4 is 12.0 Å². The van der Waals surface area contributed by atoms with E-state index in [1.807, 2.05) is 0 Å². The van der Waals surface area contributed by atoms with E-state index in [0.29, 0.717) is 11.1 Å². The number of benzene rings is 1. The summed E-state index contributed by atoms with van der Waals surface area (Å²) in [6.07, 6.45) is -6.11. The quantitative estimate of drug-likeness (QED) is 0.782. The third kappa shape index (κ3) is 5.28. The highest BCUT2D eigenvalue weighted by Crippen LogP contribution is 2.14. The van der Waals surface area contributed by atoms with Crippen molar-refractivity contribution in [2.75, 3.05) is 0 Å². The van der Waals surface area contributed by atoms with E-state index in [2.05, 4.69) is 5.32 Å². The Kier molecular flexibility index (Phi) is 4.74. The van der Waals surface area contributed by atoms with Gasteiger partial charge in [-0.15, -0.1) is 0 Å². The lowest BCUT2D eigenvalue weighted by molar-refractivity contribution is -0.173. The van der Waals surface area contributed by atoms with Gasteiger partial charge in [0.05, 0.1) is 0 Å². The number of hydrogen-bond donors (Lipinski definition) is 3. The number of amides is 2. The molecule has 5 nitrogen and oxygen atoms in total. The molecule has 0 aromatic heterocycles. The third-order valence-corrected chi connectivity index (χ3v) is 2.15. The number of alkyl halides is 3. The molecule has 0 radical (unpaired) electrons. The molecule has 0 aliphatic rings. The lowest BCUT2D eigenvalue weighted by Crippen LogP contribution is -2.36. The van der Waals surface area contributed by atoms with Crippen molar-refractivity contribution < 1.29 is 27.9 Å². The normalized spacial score (nSPS) is 10.9. The van der Waals surface area contributed by atoms with E-state index in [1.165, 1.54) is 12.1 Å². The van der Waals surface area contributed by atoms with Gasteiger partial charge in [-0.05, 0) is 11.1 Å². The summed E-state index contributed by atoms with van der Waals surface area (Å²) in [5.74, 6) is -2.01. The van der Waals surface area contributed by atoms with Crippen LogP contribution < -0.4 is 10.6 Å². The first-order chi connectivity index (χ1) is 8.79. The first kappa shape index (κ1) is 14.8. The van der Waals surface area contributed by atoms with Crippen LogP contribution in [0.1, 0.15) is 11.1 Å². The Morgan fingerprint density at radius 1 is 1.11 bits per heavy atom. The molecule has 0 aliphatic heterocycles. The van der Waals surface area contributed by atoms with Gasteiger partial charge in [0.1, 0.15) is 0 Å². The van der Waals surface area contributed by atoms with E-state index in [-0.39, 0.29) is 13.1 Å². The van der Waals surface area contributed by atoms with Crippen molar-refractivity contribution in [3.63, 3.8) is 0 Å². The molecule has 0 spiro atoms. The van der Waals surface area contributed by atoms with Gasteiger partial charge in [0.15, 0.2) is 0 Å². The van der Waals surface area contributed by atoms with Gasteiger partial charge in [-0.2, -0.15) is 13.2 Å². The molecular formula is C11H11F3N2O3. The monoisotopic (exact) mass is 276 g/mol. The average molecular weight is 276 g/mol. The van der Waals surface area contributed by atoms with E-state index < -0.39 is 18.2 Å². The van der Waals surface area contributed by atoms with Crippen LogP contribution in [0.15, 0.2) is 24.3 Å². The number of hydrogen-bond acceptors (Lipinski definition) is 2. The van der Waals surface area contributed by atoms with Crippen molar-refractivity contribution in [2.24, 2.45) is 0 Å². The number of carbonyl (C=O) groups is 2. The highest BCUT2D eigenvalue weighted by Gasteiger charge is 2.38. The van der Waals surface area contributed by atoms with Crippen LogP contribution in [0.5, 0.6) is 0 Å². The molecule has 0 saturated heterocycles. The van der Waals surface area contributed by atoms with Gasteiger partial charge in [0.2, 0.25) is 0 Å². The fourth-order valence-electron chi connectivity index (χ4n) is 1.31. The summed E-state index contributed by atoms with van der Waals surface area (Å²) in [5.41, 5.74) is 1.03. The molecule has 1 aromatic rings. The predicted octanol–water partition coefficient (Wildman–Crippen LogP) is 1.63. The molecule has 0 unspecified atom stereocenters. The van der Waals surface area contributed by atoms with E-state index in [1.54, 1.807) is 17.4 Å². The number of carboxylic acid groups (broad SMARTS) is 1. The summed E-state index contributed by atoms with van der Waals surface area (Å²) in [5, 5.41) is 12.3. The third-order valence-electron chi connectivity index (χ3n) is 2.15. The zero-order valence-electron chi connectivity index (χ0n) is 9.62. The van der Waals surface area contributed by atoms with Crippen LogP contribution in [-0.2, 0) is 17.9 Å². The van der Waals surface area contributed by atoms with Gasteiger partial charge in [-0.3, -0.25) is 4.79 Å². The molecule has 0 heterocycles.